The van der Waals surface area contributed by atoms with Crippen molar-refractivity contribution in [3.63, 3.8) is 0 Å². The van der Waals surface area contributed by atoms with Gasteiger partial charge in [-0.3, -0.25) is 4.79 Å². The van der Waals surface area contributed by atoms with E-state index < -0.39 is 0 Å². The minimum absolute atomic E-state index is 0.0403. The van der Waals surface area contributed by atoms with Crippen LogP contribution in [0.15, 0.2) is 42.5 Å². The van der Waals surface area contributed by atoms with E-state index in [9.17, 15) is 4.79 Å². The zero-order valence-electron chi connectivity index (χ0n) is 14.1. The third-order valence-corrected chi connectivity index (χ3v) is 3.70. The Morgan fingerprint density at radius 1 is 1.13 bits per heavy atom. The van der Waals surface area contributed by atoms with E-state index in [1.165, 1.54) is 0 Å². The Morgan fingerprint density at radius 3 is 2.52 bits per heavy atom. The molecule has 0 fully saturated rings. The van der Waals surface area contributed by atoms with Crippen LogP contribution in [0.5, 0.6) is 5.75 Å². The van der Waals surface area contributed by atoms with Crippen LogP contribution in [0.4, 0.5) is 11.4 Å². The molecule has 0 atom stereocenters. The fourth-order valence-corrected chi connectivity index (χ4v) is 2.33. The molecule has 0 unspecified atom stereocenters. The van der Waals surface area contributed by atoms with Gasteiger partial charge < -0.3 is 15.8 Å². The molecule has 0 aliphatic carbocycles. The highest BCUT2D eigenvalue weighted by molar-refractivity contribution is 5.93. The zero-order chi connectivity index (χ0) is 17.0. The van der Waals surface area contributed by atoms with Gasteiger partial charge in [-0.1, -0.05) is 45.0 Å². The van der Waals surface area contributed by atoms with Gasteiger partial charge in [-0.05, 0) is 41.7 Å². The van der Waals surface area contributed by atoms with E-state index in [0.29, 0.717) is 11.4 Å². The van der Waals surface area contributed by atoms with Crippen LogP contribution in [0.3, 0.4) is 0 Å². The van der Waals surface area contributed by atoms with Gasteiger partial charge in [0.15, 0.2) is 6.61 Å². The molecule has 0 radical (unpaired) electrons. The van der Waals surface area contributed by atoms with Gasteiger partial charge in [-0.15, -0.1) is 0 Å². The molecule has 0 aromatic heterocycles. The van der Waals surface area contributed by atoms with Crippen molar-refractivity contribution < 1.29 is 9.53 Å². The summed E-state index contributed by atoms with van der Waals surface area (Å²) < 4.78 is 5.72. The molecule has 0 aliphatic heterocycles. The highest BCUT2D eigenvalue weighted by atomic mass is 16.5. The molecule has 0 spiro atoms. The largest absolute Gasteiger partial charge is 0.483 e. The normalized spacial score (nSPS) is 11.1. The van der Waals surface area contributed by atoms with Crippen LogP contribution < -0.4 is 15.8 Å². The van der Waals surface area contributed by atoms with Crippen molar-refractivity contribution in [2.75, 3.05) is 17.7 Å². The third kappa shape index (κ3) is 4.25. The van der Waals surface area contributed by atoms with Crippen molar-refractivity contribution in [2.45, 2.75) is 33.1 Å². The van der Waals surface area contributed by atoms with Crippen molar-refractivity contribution >= 4 is 17.3 Å². The number of ether oxygens (including phenoxy) is 1. The minimum atomic E-state index is -0.206. The van der Waals surface area contributed by atoms with E-state index in [1.807, 2.05) is 43.3 Å². The van der Waals surface area contributed by atoms with Crippen LogP contribution in [-0.2, 0) is 10.2 Å². The number of benzene rings is 2. The van der Waals surface area contributed by atoms with Crippen molar-refractivity contribution in [1.82, 2.24) is 0 Å². The lowest BCUT2D eigenvalue weighted by molar-refractivity contribution is -0.118. The van der Waals surface area contributed by atoms with Gasteiger partial charge in [-0.25, -0.2) is 0 Å². The molecule has 0 saturated heterocycles. The Bertz CT molecular complexity index is 703. The first kappa shape index (κ1) is 16.9. The molecule has 4 nitrogen and oxygen atoms in total. The quantitative estimate of drug-likeness (QED) is 0.842. The summed E-state index contributed by atoms with van der Waals surface area (Å²) in [5.74, 6) is 0.529. The van der Waals surface area contributed by atoms with Gasteiger partial charge in [0.1, 0.15) is 5.75 Å². The number of carbonyl (C=O) groups excluding carboxylic acids is 1. The SMILES string of the molecule is Cc1c(N)cccc1NC(=O)COc1ccccc1C(C)(C)C. The number of carbonyl (C=O) groups is 1. The predicted octanol–water partition coefficient (Wildman–Crippen LogP) is 3.89. The number of hydrogen-bond acceptors (Lipinski definition) is 3. The maximum absolute atomic E-state index is 12.1. The van der Waals surface area contributed by atoms with Crippen molar-refractivity contribution in [2.24, 2.45) is 0 Å². The van der Waals surface area contributed by atoms with E-state index in [0.717, 1.165) is 16.9 Å². The lowest BCUT2D eigenvalue weighted by Crippen LogP contribution is -2.22. The van der Waals surface area contributed by atoms with E-state index in [4.69, 9.17) is 10.5 Å². The number of nitrogens with two attached hydrogens (primary N) is 1. The first-order chi connectivity index (χ1) is 10.8. The number of nitrogen functional groups attached to an aromatic ring is 1. The molecule has 122 valence electrons. The standard InChI is InChI=1S/C19H24N2O2/c1-13-15(20)9-7-10-16(13)21-18(22)12-23-17-11-6-5-8-14(17)19(2,3)4/h5-11H,12,20H2,1-4H3,(H,21,22). The molecule has 0 aliphatic rings. The summed E-state index contributed by atoms with van der Waals surface area (Å²) in [5.41, 5.74) is 9.10. The number of nitrogens with one attached hydrogen (secondary N) is 1. The molecule has 4 heteroatoms. The second kappa shape index (κ2) is 6.73. The summed E-state index contributed by atoms with van der Waals surface area (Å²) in [4.78, 5) is 12.1. The van der Waals surface area contributed by atoms with Crippen molar-refractivity contribution in [1.29, 1.82) is 0 Å². The molecule has 23 heavy (non-hydrogen) atoms. The van der Waals surface area contributed by atoms with Gasteiger partial charge in [0.05, 0.1) is 0 Å². The summed E-state index contributed by atoms with van der Waals surface area (Å²) in [6, 6.07) is 13.2. The molecular weight excluding hydrogens is 288 g/mol. The topological polar surface area (TPSA) is 64.3 Å². The number of anilines is 2. The first-order valence-corrected chi connectivity index (χ1v) is 7.66. The summed E-state index contributed by atoms with van der Waals surface area (Å²) in [5, 5.41) is 2.84. The summed E-state index contributed by atoms with van der Waals surface area (Å²) in [6.45, 7) is 8.18. The molecule has 0 saturated carbocycles. The average Bonchev–Trinajstić information content (AvgIpc) is 2.49. The zero-order valence-corrected chi connectivity index (χ0v) is 14.1. The van der Waals surface area contributed by atoms with Crippen LogP contribution in [0.25, 0.3) is 0 Å². The number of amides is 1. The van der Waals surface area contributed by atoms with Gasteiger partial charge in [0.2, 0.25) is 0 Å². The molecule has 0 heterocycles. The van der Waals surface area contributed by atoms with Gasteiger partial charge in [-0.2, -0.15) is 0 Å². The fraction of sp³-hybridized carbons (Fsp3) is 0.316. The van der Waals surface area contributed by atoms with Crippen LogP contribution in [0.2, 0.25) is 0 Å². The maximum Gasteiger partial charge on any atom is 0.262 e. The van der Waals surface area contributed by atoms with Crippen molar-refractivity contribution in [3.8, 4) is 5.75 Å². The number of para-hydroxylation sites is 1. The van der Waals surface area contributed by atoms with E-state index in [1.54, 1.807) is 6.07 Å². The fourth-order valence-electron chi connectivity index (χ4n) is 2.33. The average molecular weight is 312 g/mol. The Labute approximate surface area is 137 Å². The first-order valence-electron chi connectivity index (χ1n) is 7.66. The molecular formula is C19H24N2O2. The van der Waals surface area contributed by atoms with Gasteiger partial charge in [0, 0.05) is 11.4 Å². The highest BCUT2D eigenvalue weighted by Gasteiger charge is 2.19. The lowest BCUT2D eigenvalue weighted by atomic mass is 9.86. The second-order valence-corrected chi connectivity index (χ2v) is 6.60. The third-order valence-electron chi connectivity index (χ3n) is 3.70. The number of rotatable bonds is 4. The van der Waals surface area contributed by atoms with Gasteiger partial charge >= 0.3 is 0 Å². The monoisotopic (exact) mass is 312 g/mol. The van der Waals surface area contributed by atoms with E-state index >= 15 is 0 Å². The summed E-state index contributed by atoms with van der Waals surface area (Å²) in [7, 11) is 0. The van der Waals surface area contributed by atoms with Crippen LogP contribution >= 0.6 is 0 Å². The Balaban J connectivity index is 2.04. The highest BCUT2D eigenvalue weighted by Crippen LogP contribution is 2.30. The second-order valence-electron chi connectivity index (χ2n) is 6.60. The van der Waals surface area contributed by atoms with Crippen LogP contribution in [0.1, 0.15) is 31.9 Å². The molecule has 3 N–H and O–H groups in total. The smallest absolute Gasteiger partial charge is 0.262 e. The van der Waals surface area contributed by atoms with Crippen molar-refractivity contribution in [3.05, 3.63) is 53.6 Å². The van der Waals surface area contributed by atoms with E-state index in [2.05, 4.69) is 26.1 Å². The Kier molecular flexibility index (Phi) is 4.94. The molecule has 2 rings (SSSR count). The maximum atomic E-state index is 12.1. The molecule has 0 bridgehead atoms. The molecule has 1 amide bonds. The number of hydrogen-bond donors (Lipinski definition) is 2. The lowest BCUT2D eigenvalue weighted by Gasteiger charge is -2.22. The minimum Gasteiger partial charge on any atom is -0.483 e. The summed E-state index contributed by atoms with van der Waals surface area (Å²) in [6.07, 6.45) is 0. The summed E-state index contributed by atoms with van der Waals surface area (Å²) >= 11 is 0. The van der Waals surface area contributed by atoms with Crippen LogP contribution in [-0.4, -0.2) is 12.5 Å². The van der Waals surface area contributed by atoms with E-state index in [-0.39, 0.29) is 17.9 Å². The molecule has 2 aromatic rings. The molecule has 2 aromatic carbocycles. The van der Waals surface area contributed by atoms with Crippen LogP contribution in [0, 0.1) is 6.92 Å². The predicted molar refractivity (Wildman–Crippen MR) is 94.9 cm³/mol. The Morgan fingerprint density at radius 2 is 1.83 bits per heavy atom. The Hall–Kier alpha value is -2.49. The van der Waals surface area contributed by atoms with Gasteiger partial charge in [0.25, 0.3) is 5.91 Å².